The van der Waals surface area contributed by atoms with Crippen molar-refractivity contribution in [3.05, 3.63) is 65.9 Å². The van der Waals surface area contributed by atoms with E-state index in [0.717, 1.165) is 73.7 Å². The summed E-state index contributed by atoms with van der Waals surface area (Å²) in [6.45, 7) is 8.66. The molecule has 0 amide bonds. The van der Waals surface area contributed by atoms with Gasteiger partial charge in [-0.05, 0) is 113 Å². The van der Waals surface area contributed by atoms with Gasteiger partial charge in [0.25, 0.3) is 0 Å². The van der Waals surface area contributed by atoms with Gasteiger partial charge in [0.05, 0.1) is 11.6 Å². The molecule has 2 fully saturated rings. The van der Waals surface area contributed by atoms with Crippen molar-refractivity contribution in [1.29, 1.82) is 0 Å². The summed E-state index contributed by atoms with van der Waals surface area (Å²) in [4.78, 5) is 21.7. The lowest BCUT2D eigenvalue weighted by Gasteiger charge is -2.36. The molecule has 5 rings (SSSR count). The molecule has 2 aromatic carbocycles. The largest absolute Gasteiger partial charge is 0.492 e. The van der Waals surface area contributed by atoms with E-state index in [0.29, 0.717) is 12.4 Å². The lowest BCUT2D eigenvalue weighted by molar-refractivity contribution is -0.118. The van der Waals surface area contributed by atoms with Crippen LogP contribution in [-0.2, 0) is 11.2 Å². The maximum absolute atomic E-state index is 12.2. The SMILES string of the molecule is CC(=O)C1CCCCN1c1cccc(CC2CCN(CCOc3cccc4nc(C)ccc34)CC2)c1. The molecule has 1 unspecified atom stereocenters. The van der Waals surface area contributed by atoms with Crippen molar-refractivity contribution in [3.8, 4) is 5.75 Å². The van der Waals surface area contributed by atoms with Crippen molar-refractivity contribution < 1.29 is 9.53 Å². The van der Waals surface area contributed by atoms with Crippen molar-refractivity contribution in [3.63, 3.8) is 0 Å². The van der Waals surface area contributed by atoms with Crippen LogP contribution in [-0.4, -0.2) is 54.5 Å². The van der Waals surface area contributed by atoms with Crippen molar-refractivity contribution >= 4 is 22.4 Å². The molecule has 0 bridgehead atoms. The Hall–Kier alpha value is -2.92. The first kappa shape index (κ1) is 24.8. The van der Waals surface area contributed by atoms with Crippen molar-refractivity contribution in [1.82, 2.24) is 9.88 Å². The molecule has 3 heterocycles. The normalized spacial score (nSPS) is 19.5. The number of Topliss-reactive ketones (excluding diaryl/α,β-unsaturated/α-hetero) is 1. The second kappa shape index (κ2) is 11.4. The Bertz CT molecular complexity index is 1190. The van der Waals surface area contributed by atoms with Gasteiger partial charge < -0.3 is 9.64 Å². The topological polar surface area (TPSA) is 45.7 Å². The number of nitrogens with zero attached hydrogens (tertiary/aromatic N) is 3. The number of carbonyl (C=O) groups is 1. The fourth-order valence-corrected chi connectivity index (χ4v) is 5.91. The van der Waals surface area contributed by atoms with Gasteiger partial charge in [-0.25, -0.2) is 0 Å². The Morgan fingerprint density at radius 3 is 2.67 bits per heavy atom. The van der Waals surface area contributed by atoms with Crippen molar-refractivity contribution in [2.45, 2.75) is 58.4 Å². The summed E-state index contributed by atoms with van der Waals surface area (Å²) in [5, 5.41) is 1.09. The smallest absolute Gasteiger partial charge is 0.152 e. The minimum Gasteiger partial charge on any atom is -0.492 e. The Kier molecular flexibility index (Phi) is 7.86. The average Bonchev–Trinajstić information content (AvgIpc) is 2.90. The van der Waals surface area contributed by atoms with E-state index in [1.54, 1.807) is 6.92 Å². The number of anilines is 1. The van der Waals surface area contributed by atoms with Crippen LogP contribution in [0.1, 0.15) is 50.3 Å². The third-order valence-corrected chi connectivity index (χ3v) is 7.94. The van der Waals surface area contributed by atoms with E-state index >= 15 is 0 Å². The Labute approximate surface area is 215 Å². The van der Waals surface area contributed by atoms with Crippen LogP contribution >= 0.6 is 0 Å². The van der Waals surface area contributed by atoms with Gasteiger partial charge >= 0.3 is 0 Å². The summed E-state index contributed by atoms with van der Waals surface area (Å²) in [6, 6.07) is 19.3. The van der Waals surface area contributed by atoms with E-state index in [1.807, 2.05) is 31.2 Å². The van der Waals surface area contributed by atoms with Gasteiger partial charge in [0.2, 0.25) is 0 Å². The summed E-state index contributed by atoms with van der Waals surface area (Å²) >= 11 is 0. The van der Waals surface area contributed by atoms with Crippen LogP contribution in [0.4, 0.5) is 5.69 Å². The van der Waals surface area contributed by atoms with Crippen LogP contribution in [0.3, 0.4) is 0 Å². The number of ether oxygens (including phenoxy) is 1. The quantitative estimate of drug-likeness (QED) is 0.402. The molecule has 1 atom stereocenters. The van der Waals surface area contributed by atoms with Crippen LogP contribution in [0.5, 0.6) is 5.75 Å². The second-order valence-electron chi connectivity index (χ2n) is 10.6. The lowest BCUT2D eigenvalue weighted by atomic mass is 9.89. The number of aromatic nitrogens is 1. The number of rotatable bonds is 8. The fraction of sp³-hybridized carbons (Fsp3) is 0.484. The van der Waals surface area contributed by atoms with E-state index in [4.69, 9.17) is 4.74 Å². The van der Waals surface area contributed by atoms with E-state index < -0.39 is 0 Å². The van der Waals surface area contributed by atoms with Gasteiger partial charge in [0.1, 0.15) is 12.4 Å². The summed E-state index contributed by atoms with van der Waals surface area (Å²) in [6.07, 6.45) is 6.89. The van der Waals surface area contributed by atoms with Gasteiger partial charge in [-0.15, -0.1) is 0 Å². The van der Waals surface area contributed by atoms with E-state index in [1.165, 1.54) is 30.5 Å². The fourth-order valence-electron chi connectivity index (χ4n) is 5.91. The third-order valence-electron chi connectivity index (χ3n) is 7.94. The number of hydrogen-bond donors (Lipinski definition) is 0. The van der Waals surface area contributed by atoms with Gasteiger partial charge in [0.15, 0.2) is 5.78 Å². The van der Waals surface area contributed by atoms with E-state index in [-0.39, 0.29) is 6.04 Å². The molecule has 2 aliphatic rings. The number of fused-ring (bicyclic) bond motifs is 1. The predicted molar refractivity (Wildman–Crippen MR) is 147 cm³/mol. The molecular formula is C31H39N3O2. The molecule has 190 valence electrons. The highest BCUT2D eigenvalue weighted by Crippen LogP contribution is 2.29. The van der Waals surface area contributed by atoms with Crippen LogP contribution in [0.15, 0.2) is 54.6 Å². The summed E-state index contributed by atoms with van der Waals surface area (Å²) in [5.41, 5.74) is 4.65. The van der Waals surface area contributed by atoms with Crippen LogP contribution < -0.4 is 9.64 Å². The Morgan fingerprint density at radius 1 is 1.00 bits per heavy atom. The predicted octanol–water partition coefficient (Wildman–Crippen LogP) is 5.82. The summed E-state index contributed by atoms with van der Waals surface area (Å²) < 4.78 is 6.17. The third kappa shape index (κ3) is 5.89. The molecule has 2 aliphatic heterocycles. The van der Waals surface area contributed by atoms with Gasteiger partial charge in [-0.2, -0.15) is 0 Å². The van der Waals surface area contributed by atoms with Gasteiger partial charge in [-0.3, -0.25) is 14.7 Å². The molecule has 5 heteroatoms. The number of aryl methyl sites for hydroxylation is 1. The zero-order valence-electron chi connectivity index (χ0n) is 21.8. The minimum absolute atomic E-state index is 0.0497. The summed E-state index contributed by atoms with van der Waals surface area (Å²) in [5.74, 6) is 1.94. The first-order valence-corrected chi connectivity index (χ1v) is 13.6. The summed E-state index contributed by atoms with van der Waals surface area (Å²) in [7, 11) is 0. The van der Waals surface area contributed by atoms with Gasteiger partial charge in [0, 0.05) is 29.9 Å². The molecule has 0 saturated carbocycles. The molecule has 0 radical (unpaired) electrons. The zero-order valence-corrected chi connectivity index (χ0v) is 21.8. The molecule has 36 heavy (non-hydrogen) atoms. The lowest BCUT2D eigenvalue weighted by Crippen LogP contribution is -2.43. The highest BCUT2D eigenvalue weighted by atomic mass is 16.5. The highest BCUT2D eigenvalue weighted by Gasteiger charge is 2.26. The molecule has 3 aromatic rings. The molecular weight excluding hydrogens is 446 g/mol. The average molecular weight is 486 g/mol. The minimum atomic E-state index is 0.0497. The molecule has 0 aliphatic carbocycles. The van der Waals surface area contributed by atoms with Crippen molar-refractivity contribution in [2.24, 2.45) is 5.92 Å². The monoisotopic (exact) mass is 485 g/mol. The number of pyridine rings is 1. The number of ketones is 1. The Morgan fingerprint density at radius 2 is 1.83 bits per heavy atom. The van der Waals surface area contributed by atoms with E-state index in [2.05, 4.69) is 45.1 Å². The second-order valence-corrected chi connectivity index (χ2v) is 10.6. The number of benzene rings is 2. The maximum Gasteiger partial charge on any atom is 0.152 e. The van der Waals surface area contributed by atoms with Gasteiger partial charge in [-0.1, -0.05) is 18.2 Å². The van der Waals surface area contributed by atoms with Crippen LogP contribution in [0.2, 0.25) is 0 Å². The standard InChI is InChI=1S/C31H39N3O2/c1-23-12-13-28-29(32-23)9-6-11-31(28)36-20-19-33-17-14-25(15-18-33)21-26-7-5-8-27(22-26)34-16-4-3-10-30(34)24(2)35/h5-9,11-13,22,25,30H,3-4,10,14-21H2,1-2H3. The number of carbonyl (C=O) groups excluding carboxylic acids is 1. The number of hydrogen-bond acceptors (Lipinski definition) is 5. The molecule has 0 spiro atoms. The molecule has 2 saturated heterocycles. The molecule has 5 nitrogen and oxygen atoms in total. The van der Waals surface area contributed by atoms with Crippen LogP contribution in [0, 0.1) is 12.8 Å². The first-order chi connectivity index (χ1) is 17.6. The number of likely N-dealkylation sites (tertiary alicyclic amines) is 1. The van der Waals surface area contributed by atoms with Crippen LogP contribution in [0.25, 0.3) is 10.9 Å². The zero-order chi connectivity index (χ0) is 24.9. The van der Waals surface area contributed by atoms with E-state index in [9.17, 15) is 4.79 Å². The number of piperidine rings is 2. The molecule has 1 aromatic heterocycles. The first-order valence-electron chi connectivity index (χ1n) is 13.6. The van der Waals surface area contributed by atoms with Crippen molar-refractivity contribution in [2.75, 3.05) is 37.7 Å². The highest BCUT2D eigenvalue weighted by molar-refractivity contribution is 5.85. The maximum atomic E-state index is 12.2. The molecule has 0 N–H and O–H groups in total. The Balaban J connectivity index is 1.10.